The Morgan fingerprint density at radius 1 is 1.43 bits per heavy atom. The molecule has 0 aliphatic carbocycles. The van der Waals surface area contributed by atoms with Gasteiger partial charge in [-0.3, -0.25) is 5.69 Å². The number of hydrogen-bond acceptors (Lipinski definition) is 6. The number of hydrogen-bond donors (Lipinski definition) is 1. The van der Waals surface area contributed by atoms with Crippen LogP contribution in [0.25, 0.3) is 0 Å². The van der Waals surface area contributed by atoms with Gasteiger partial charge in [-0.15, -0.1) is 6.26 Å². The number of esters is 1. The van der Waals surface area contributed by atoms with Crippen molar-refractivity contribution in [2.75, 3.05) is 44.3 Å². The summed E-state index contributed by atoms with van der Waals surface area (Å²) in [6.45, 7) is 8.04. The summed E-state index contributed by atoms with van der Waals surface area (Å²) in [5.74, 6) is 0.435. The van der Waals surface area contributed by atoms with Crippen LogP contribution in [0, 0.1) is 5.69 Å². The van der Waals surface area contributed by atoms with Crippen LogP contribution < -0.4 is 0 Å². The number of carbonyl (C=O) groups is 1. The van der Waals surface area contributed by atoms with Gasteiger partial charge in [0.15, 0.2) is 0 Å². The molecule has 0 rings (SSSR count). The number of aliphatic hydroxyl groups is 1. The lowest BCUT2D eigenvalue weighted by atomic mass is 10.4. The van der Waals surface area contributed by atoms with E-state index in [1.165, 1.54) is 0 Å². The molecule has 0 amide bonds. The Kier molecular flexibility index (Phi) is 10.2. The molecule has 0 spiro atoms. The number of aliphatic hydroxyl groups excluding tert-OH is 1. The van der Waals surface area contributed by atoms with E-state index >= 15 is 0 Å². The first-order valence-electron chi connectivity index (χ1n) is 7.37. The minimum absolute atomic E-state index is 0.0855. The third-order valence-corrected chi connectivity index (χ3v) is 8.34. The molecule has 0 saturated heterocycles. The molecule has 0 aromatic carbocycles. The fourth-order valence-electron chi connectivity index (χ4n) is 1.68. The zero-order valence-corrected chi connectivity index (χ0v) is 16.5. The van der Waals surface area contributed by atoms with Gasteiger partial charge in [0.2, 0.25) is 0 Å². The number of carbonyl (C=O) groups excluding carboxylic acids is 1. The first-order valence-corrected chi connectivity index (χ1v) is 11.6. The number of rotatable bonds is 11. The minimum atomic E-state index is -0.999. The van der Waals surface area contributed by atoms with Crippen LogP contribution in [-0.4, -0.2) is 66.5 Å². The van der Waals surface area contributed by atoms with Crippen molar-refractivity contribution in [2.45, 2.75) is 31.3 Å². The first kappa shape index (κ1) is 22.6. The van der Waals surface area contributed by atoms with Crippen LogP contribution in [0.3, 0.4) is 0 Å². The van der Waals surface area contributed by atoms with Crippen LogP contribution in [0.2, 0.25) is 0 Å². The third-order valence-electron chi connectivity index (χ3n) is 3.50. The van der Waals surface area contributed by atoms with E-state index in [0.717, 1.165) is 18.2 Å². The maximum absolute atomic E-state index is 10.9. The fraction of sp³-hybridized carbons (Fsp3) is 0.750. The lowest BCUT2D eigenvalue weighted by Crippen LogP contribution is -2.33. The Hall–Kier alpha value is -0.430. The van der Waals surface area contributed by atoms with E-state index in [0.29, 0.717) is 6.61 Å². The maximum Gasteiger partial charge on any atom is 0.330 e. The molecule has 138 valence electrons. The van der Waals surface area contributed by atoms with Crippen LogP contribution in [0.15, 0.2) is 12.7 Å². The van der Waals surface area contributed by atoms with Crippen molar-refractivity contribution >= 4 is 26.6 Å². The molecular weight excluding hydrogens is 336 g/mol. The quantitative estimate of drug-likeness (QED) is 0.262. The van der Waals surface area contributed by atoms with Crippen molar-refractivity contribution in [1.29, 1.82) is 0 Å². The molecule has 0 aliphatic rings. The second-order valence-electron chi connectivity index (χ2n) is 6.14. The van der Waals surface area contributed by atoms with Crippen LogP contribution in [-0.2, 0) is 29.0 Å². The molecule has 1 unspecified atom stereocenters. The van der Waals surface area contributed by atoms with Crippen molar-refractivity contribution < 1.29 is 23.6 Å². The summed E-state index contributed by atoms with van der Waals surface area (Å²) in [7, 11) is -1.54. The predicted molar refractivity (Wildman–Crippen MR) is 100 cm³/mol. The Bertz CT molecular complexity index is 451. The SMILES string of the molecule is C#[S-](C)OC(C)(C)S(C)(C)CCCOCC(O)COC(=O)C=C. The Labute approximate surface area is 144 Å². The van der Waals surface area contributed by atoms with Gasteiger partial charge >= 0.3 is 5.97 Å². The summed E-state index contributed by atoms with van der Waals surface area (Å²) in [6.07, 6.45) is 7.42. The molecule has 0 aliphatic heterocycles. The highest BCUT2D eigenvalue weighted by molar-refractivity contribution is 8.33. The molecule has 0 heterocycles. The van der Waals surface area contributed by atoms with E-state index in [1.54, 1.807) is 0 Å². The smallest absolute Gasteiger partial charge is 0.330 e. The topological polar surface area (TPSA) is 65.0 Å². The molecule has 0 saturated carbocycles. The van der Waals surface area contributed by atoms with Gasteiger partial charge < -0.3 is 29.3 Å². The van der Waals surface area contributed by atoms with Gasteiger partial charge in [-0.25, -0.2) is 14.8 Å². The third kappa shape index (κ3) is 9.45. The molecule has 7 heteroatoms. The van der Waals surface area contributed by atoms with E-state index in [9.17, 15) is 9.90 Å². The molecule has 0 aromatic heterocycles. The van der Waals surface area contributed by atoms with Gasteiger partial charge in [0.1, 0.15) is 12.7 Å². The minimum Gasteiger partial charge on any atom is -0.472 e. The normalized spacial score (nSPS) is 14.5. The summed E-state index contributed by atoms with van der Waals surface area (Å²) >= 11 is 0. The monoisotopic (exact) mass is 367 g/mol. The molecular formula is C16H31O5S2-. The molecule has 0 radical (unpaired) electrons. The Morgan fingerprint density at radius 2 is 2.04 bits per heavy atom. The van der Waals surface area contributed by atoms with Crippen LogP contribution in [0.5, 0.6) is 0 Å². The lowest BCUT2D eigenvalue weighted by molar-refractivity contribution is -0.141. The zero-order valence-electron chi connectivity index (χ0n) is 14.9. The van der Waals surface area contributed by atoms with Crippen LogP contribution in [0.4, 0.5) is 0 Å². The van der Waals surface area contributed by atoms with Crippen molar-refractivity contribution in [3.05, 3.63) is 12.7 Å². The largest absolute Gasteiger partial charge is 0.472 e. The highest BCUT2D eigenvalue weighted by Gasteiger charge is 2.30. The van der Waals surface area contributed by atoms with Crippen molar-refractivity contribution in [3.63, 3.8) is 0 Å². The summed E-state index contributed by atoms with van der Waals surface area (Å²) < 4.78 is 16.0. The van der Waals surface area contributed by atoms with E-state index < -0.39 is 32.7 Å². The molecule has 1 N–H and O–H groups in total. The lowest BCUT2D eigenvalue weighted by Gasteiger charge is -2.50. The summed E-state index contributed by atoms with van der Waals surface area (Å²) in [4.78, 5) is 10.6. The van der Waals surface area contributed by atoms with Gasteiger partial charge in [-0.05, 0) is 38.5 Å². The molecule has 5 nitrogen and oxygen atoms in total. The van der Waals surface area contributed by atoms with Crippen molar-refractivity contribution in [1.82, 2.24) is 0 Å². The molecule has 0 bridgehead atoms. The van der Waals surface area contributed by atoms with E-state index in [-0.39, 0.29) is 18.1 Å². The standard InChI is InChI=1S/C16H31O5S2/c1-8-15(18)20-13-14(17)12-19-10-9-11-23(6,7)16(2,3)21-22(4)5/h4,8,14,17H,1,9-13H2,2-3,5-7H3/q-1. The zero-order chi connectivity index (χ0) is 18.1. The summed E-state index contributed by atoms with van der Waals surface area (Å²) in [5, 5.41) is 9.62. The molecule has 0 fully saturated rings. The van der Waals surface area contributed by atoms with E-state index in [2.05, 4.69) is 32.9 Å². The second kappa shape index (κ2) is 10.4. The van der Waals surface area contributed by atoms with Gasteiger partial charge in [0.05, 0.1) is 11.5 Å². The average molecular weight is 368 g/mol. The first-order chi connectivity index (χ1) is 10.5. The van der Waals surface area contributed by atoms with E-state index in [1.807, 2.05) is 6.26 Å². The summed E-state index contributed by atoms with van der Waals surface area (Å²) in [6, 6.07) is 0. The highest BCUT2D eigenvalue weighted by Crippen LogP contribution is 2.54. The van der Waals surface area contributed by atoms with E-state index in [4.69, 9.17) is 19.3 Å². The van der Waals surface area contributed by atoms with Gasteiger partial charge in [0, 0.05) is 12.7 Å². The maximum atomic E-state index is 10.9. The average Bonchev–Trinajstić information content (AvgIpc) is 2.42. The van der Waals surface area contributed by atoms with Gasteiger partial charge in [-0.2, -0.15) is 0 Å². The summed E-state index contributed by atoms with van der Waals surface area (Å²) in [5.41, 5.74) is 5.77. The van der Waals surface area contributed by atoms with Crippen molar-refractivity contribution in [2.24, 2.45) is 0 Å². The molecule has 23 heavy (non-hydrogen) atoms. The van der Waals surface area contributed by atoms with Crippen molar-refractivity contribution in [3.8, 4) is 5.69 Å². The van der Waals surface area contributed by atoms with Gasteiger partial charge in [-0.1, -0.05) is 6.58 Å². The number of ether oxygens (including phenoxy) is 2. The van der Waals surface area contributed by atoms with Crippen LogP contribution in [0.1, 0.15) is 20.3 Å². The van der Waals surface area contributed by atoms with Gasteiger partial charge in [0.25, 0.3) is 0 Å². The molecule has 1 atom stereocenters. The molecule has 0 aromatic rings. The highest BCUT2D eigenvalue weighted by atomic mass is 32.3. The Balaban J connectivity index is 4.00. The second-order valence-corrected chi connectivity index (χ2v) is 11.8. The predicted octanol–water partition coefficient (Wildman–Crippen LogP) is 2.05. The Morgan fingerprint density at radius 3 is 2.57 bits per heavy atom. The fourth-order valence-corrected chi connectivity index (χ4v) is 4.70. The van der Waals surface area contributed by atoms with Crippen LogP contribution >= 0.6 is 10.0 Å².